The fraction of sp³-hybridized carbons (Fsp3) is 0.0741. The Morgan fingerprint density at radius 3 is 2.22 bits per heavy atom. The van der Waals surface area contributed by atoms with Gasteiger partial charge in [-0.25, -0.2) is 4.68 Å². The molecule has 0 radical (unpaired) electrons. The Morgan fingerprint density at radius 1 is 0.784 bits per heavy atom. The van der Waals surface area contributed by atoms with Crippen molar-refractivity contribution in [2.75, 3.05) is 5.32 Å². The highest BCUT2D eigenvalue weighted by Crippen LogP contribution is 2.27. The fourth-order valence-electron chi connectivity index (χ4n) is 3.65. The molecule has 0 aliphatic rings. The minimum absolute atomic E-state index is 0.145. The van der Waals surface area contributed by atoms with Crippen LogP contribution in [0.1, 0.15) is 16.1 Å². The van der Waals surface area contributed by atoms with Crippen molar-refractivity contribution in [1.29, 1.82) is 0 Å². The molecule has 7 nitrogen and oxygen atoms in total. The van der Waals surface area contributed by atoms with Crippen molar-refractivity contribution in [2.24, 2.45) is 0 Å². The molecule has 0 atom stereocenters. The number of hydrogen-bond donors (Lipinski definition) is 1. The van der Waals surface area contributed by atoms with Crippen LogP contribution in [0.5, 0.6) is 5.75 Å². The van der Waals surface area contributed by atoms with E-state index < -0.39 is 5.91 Å². The maximum Gasteiger partial charge on any atom is 0.277 e. The number of aromatic nitrogens is 4. The lowest BCUT2D eigenvalue weighted by molar-refractivity contribution is 0.101. The van der Waals surface area contributed by atoms with Gasteiger partial charge in [-0.15, -0.1) is 0 Å². The molecule has 2 heterocycles. The van der Waals surface area contributed by atoms with Crippen LogP contribution in [-0.2, 0) is 13.3 Å². The van der Waals surface area contributed by atoms with Crippen LogP contribution >= 0.6 is 34.8 Å². The SMILES string of the molecule is O=C(Nc1nn(Cc2c(Cl)cccc2Cl)cc1Cl)c1ccn(COc2ccc(-c3ccccc3)cc2)n1. The van der Waals surface area contributed by atoms with E-state index in [1.807, 2.05) is 42.5 Å². The van der Waals surface area contributed by atoms with Gasteiger partial charge in [0.05, 0.1) is 6.54 Å². The van der Waals surface area contributed by atoms with Crippen molar-refractivity contribution >= 4 is 46.5 Å². The minimum Gasteiger partial charge on any atom is -0.471 e. The molecule has 0 spiro atoms. The second kappa shape index (κ2) is 11.1. The Morgan fingerprint density at radius 2 is 1.49 bits per heavy atom. The van der Waals surface area contributed by atoms with Gasteiger partial charge in [0.1, 0.15) is 10.8 Å². The number of carbonyl (C=O) groups is 1. The summed E-state index contributed by atoms with van der Waals surface area (Å²) in [5, 5.41) is 12.6. The van der Waals surface area contributed by atoms with Crippen molar-refractivity contribution in [1.82, 2.24) is 19.6 Å². The molecule has 0 bridgehead atoms. The highest BCUT2D eigenvalue weighted by molar-refractivity contribution is 6.36. The normalized spacial score (nSPS) is 10.9. The third kappa shape index (κ3) is 5.97. The summed E-state index contributed by atoms with van der Waals surface area (Å²) in [6, 6.07) is 24.7. The zero-order valence-corrected chi connectivity index (χ0v) is 21.6. The number of halogens is 3. The first-order valence-corrected chi connectivity index (χ1v) is 12.4. The molecule has 0 saturated heterocycles. The van der Waals surface area contributed by atoms with Gasteiger partial charge in [-0.3, -0.25) is 9.48 Å². The highest BCUT2D eigenvalue weighted by atomic mass is 35.5. The zero-order valence-electron chi connectivity index (χ0n) is 19.3. The molecule has 0 aliphatic carbocycles. The Hall–Kier alpha value is -3.78. The average Bonchev–Trinajstić information content (AvgIpc) is 3.52. The molecular formula is C27H20Cl3N5O2. The summed E-state index contributed by atoms with van der Waals surface area (Å²) in [5.74, 6) is 0.449. The summed E-state index contributed by atoms with van der Waals surface area (Å²) in [7, 11) is 0. The average molecular weight is 553 g/mol. The lowest BCUT2D eigenvalue weighted by Gasteiger charge is -2.07. The molecule has 5 aromatic rings. The molecule has 5 rings (SSSR count). The fourth-order valence-corrected chi connectivity index (χ4v) is 4.36. The lowest BCUT2D eigenvalue weighted by Crippen LogP contribution is -2.15. The second-order valence-electron chi connectivity index (χ2n) is 8.08. The molecule has 2 aromatic heterocycles. The smallest absolute Gasteiger partial charge is 0.277 e. The molecule has 10 heteroatoms. The van der Waals surface area contributed by atoms with E-state index in [9.17, 15) is 4.79 Å². The van der Waals surface area contributed by atoms with Crippen LogP contribution in [-0.4, -0.2) is 25.5 Å². The van der Waals surface area contributed by atoms with Gasteiger partial charge in [0.2, 0.25) is 0 Å². The van der Waals surface area contributed by atoms with Gasteiger partial charge in [-0.05, 0) is 41.5 Å². The Bertz CT molecular complexity index is 1510. The van der Waals surface area contributed by atoms with Gasteiger partial charge in [0.25, 0.3) is 5.91 Å². The molecule has 1 amide bonds. The number of amides is 1. The van der Waals surface area contributed by atoms with Crippen LogP contribution in [0, 0.1) is 0 Å². The Kier molecular flexibility index (Phi) is 7.46. The molecule has 0 fully saturated rings. The number of carbonyl (C=O) groups excluding carboxylic acids is 1. The zero-order chi connectivity index (χ0) is 25.8. The molecule has 186 valence electrons. The number of anilines is 1. The van der Waals surface area contributed by atoms with E-state index in [1.165, 1.54) is 4.68 Å². The van der Waals surface area contributed by atoms with E-state index in [1.54, 1.807) is 41.3 Å². The number of nitrogens with zero attached hydrogens (tertiary/aromatic N) is 4. The van der Waals surface area contributed by atoms with Crippen LogP contribution in [0.25, 0.3) is 11.1 Å². The molecule has 37 heavy (non-hydrogen) atoms. The maximum absolute atomic E-state index is 12.7. The van der Waals surface area contributed by atoms with E-state index in [2.05, 4.69) is 27.6 Å². The van der Waals surface area contributed by atoms with Gasteiger partial charge in [-0.1, -0.05) is 83.3 Å². The van der Waals surface area contributed by atoms with E-state index in [0.717, 1.165) is 11.1 Å². The van der Waals surface area contributed by atoms with Crippen LogP contribution in [0.4, 0.5) is 5.82 Å². The standard InChI is InChI=1S/C27H20Cl3N5O2/c28-22-7-4-8-23(29)21(22)15-35-16-24(30)26(33-35)31-27(36)25-13-14-34(32-25)17-37-20-11-9-19(10-12-20)18-5-2-1-3-6-18/h1-14,16H,15,17H2,(H,31,33,36). The number of ether oxygens (including phenoxy) is 1. The molecule has 1 N–H and O–H groups in total. The van der Waals surface area contributed by atoms with Crippen molar-refractivity contribution in [3.05, 3.63) is 118 Å². The van der Waals surface area contributed by atoms with Gasteiger partial charge < -0.3 is 10.1 Å². The van der Waals surface area contributed by atoms with Gasteiger partial charge >= 0.3 is 0 Å². The molecule has 0 saturated carbocycles. The molecule has 3 aromatic carbocycles. The topological polar surface area (TPSA) is 74.0 Å². The quantitative estimate of drug-likeness (QED) is 0.224. The van der Waals surface area contributed by atoms with E-state index in [4.69, 9.17) is 39.5 Å². The first-order chi connectivity index (χ1) is 18.0. The largest absolute Gasteiger partial charge is 0.471 e. The predicted octanol–water partition coefficient (Wildman–Crippen LogP) is 7.04. The van der Waals surface area contributed by atoms with Crippen LogP contribution in [0.2, 0.25) is 15.1 Å². The van der Waals surface area contributed by atoms with Crippen molar-refractivity contribution in [3.63, 3.8) is 0 Å². The van der Waals surface area contributed by atoms with E-state index in [0.29, 0.717) is 27.9 Å². The number of hydrogen-bond acceptors (Lipinski definition) is 4. The Labute approximate surface area is 228 Å². The summed E-state index contributed by atoms with van der Waals surface area (Å²) in [6.07, 6.45) is 3.25. The molecular weight excluding hydrogens is 533 g/mol. The second-order valence-corrected chi connectivity index (χ2v) is 9.30. The third-order valence-electron chi connectivity index (χ3n) is 5.53. The maximum atomic E-state index is 12.7. The molecule has 0 unspecified atom stereocenters. The van der Waals surface area contributed by atoms with Crippen molar-refractivity contribution in [2.45, 2.75) is 13.3 Å². The third-order valence-corrected chi connectivity index (χ3v) is 6.51. The number of benzene rings is 3. The Balaban J connectivity index is 1.19. The number of rotatable bonds is 8. The first-order valence-electron chi connectivity index (χ1n) is 11.3. The van der Waals surface area contributed by atoms with Crippen LogP contribution in [0.15, 0.2) is 91.3 Å². The summed E-state index contributed by atoms with van der Waals surface area (Å²) in [6.45, 7) is 0.443. The summed E-state index contributed by atoms with van der Waals surface area (Å²) < 4.78 is 8.89. The van der Waals surface area contributed by atoms with E-state index in [-0.39, 0.29) is 23.3 Å². The van der Waals surface area contributed by atoms with Crippen molar-refractivity contribution < 1.29 is 9.53 Å². The predicted molar refractivity (Wildman–Crippen MR) is 145 cm³/mol. The van der Waals surface area contributed by atoms with Crippen molar-refractivity contribution in [3.8, 4) is 16.9 Å². The molecule has 0 aliphatic heterocycles. The summed E-state index contributed by atoms with van der Waals surface area (Å²) in [4.78, 5) is 12.7. The van der Waals surface area contributed by atoms with Crippen LogP contribution < -0.4 is 10.1 Å². The number of nitrogens with one attached hydrogen (secondary N) is 1. The summed E-state index contributed by atoms with van der Waals surface area (Å²) in [5.41, 5.74) is 3.13. The van der Waals surface area contributed by atoms with Gasteiger partial charge in [0.15, 0.2) is 18.2 Å². The monoisotopic (exact) mass is 551 g/mol. The van der Waals surface area contributed by atoms with Crippen LogP contribution in [0.3, 0.4) is 0 Å². The highest BCUT2D eigenvalue weighted by Gasteiger charge is 2.16. The van der Waals surface area contributed by atoms with Gasteiger partial charge in [-0.2, -0.15) is 10.2 Å². The lowest BCUT2D eigenvalue weighted by atomic mass is 10.1. The van der Waals surface area contributed by atoms with Gasteiger partial charge in [0, 0.05) is 28.0 Å². The summed E-state index contributed by atoms with van der Waals surface area (Å²) >= 11 is 18.8. The first kappa shape index (κ1) is 24.9. The van der Waals surface area contributed by atoms with E-state index >= 15 is 0 Å². The minimum atomic E-state index is -0.450.